The summed E-state index contributed by atoms with van der Waals surface area (Å²) < 4.78 is 68.9. The molecule has 0 aliphatic carbocycles. The monoisotopic (exact) mass is 1520 g/mol. The number of phosphoric ester groups is 2. The Kier molecular flexibility index (Phi) is 75.0. The van der Waals surface area contributed by atoms with Gasteiger partial charge in [0.05, 0.1) is 26.4 Å². The molecule has 0 heterocycles. The van der Waals surface area contributed by atoms with Crippen LogP contribution in [0.15, 0.2) is 0 Å². The van der Waals surface area contributed by atoms with E-state index in [0.717, 1.165) is 102 Å². The van der Waals surface area contributed by atoms with E-state index in [1.807, 2.05) is 0 Å². The third-order valence-electron chi connectivity index (χ3n) is 20.0. The van der Waals surface area contributed by atoms with Crippen molar-refractivity contribution >= 4 is 39.5 Å². The van der Waals surface area contributed by atoms with Crippen LogP contribution in [0.4, 0.5) is 0 Å². The second-order valence-electron chi connectivity index (χ2n) is 31.5. The number of carbonyl (C=O) groups excluding carboxylic acids is 4. The van der Waals surface area contributed by atoms with Gasteiger partial charge >= 0.3 is 39.5 Å². The summed E-state index contributed by atoms with van der Waals surface area (Å²) in [5.74, 6) is -0.482. The van der Waals surface area contributed by atoms with Crippen molar-refractivity contribution in [3.05, 3.63) is 0 Å². The van der Waals surface area contributed by atoms with E-state index in [1.54, 1.807) is 0 Å². The highest BCUT2D eigenvalue weighted by atomic mass is 31.2. The molecular formula is C85H166O17P2. The SMILES string of the molecule is CCCCCCCCCCCCCCCCCC(=O)O[C@H](COC(=O)CCCCCCCCCCCCC)COP(=O)(O)OC[C@H](O)COP(=O)(O)OC[C@@H](COC(=O)CCCCCCCCCCCCCCCCC(C)C)OC(=O)CCCCCCCCCCCCCCCCCCCCC(C)C. The fourth-order valence-corrected chi connectivity index (χ4v) is 14.8. The van der Waals surface area contributed by atoms with Crippen molar-refractivity contribution in [3.63, 3.8) is 0 Å². The van der Waals surface area contributed by atoms with Crippen molar-refractivity contribution in [2.75, 3.05) is 39.6 Å². The summed E-state index contributed by atoms with van der Waals surface area (Å²) in [6.45, 7) is 9.73. The van der Waals surface area contributed by atoms with Crippen molar-refractivity contribution in [1.82, 2.24) is 0 Å². The lowest BCUT2D eigenvalue weighted by Gasteiger charge is -2.21. The Labute approximate surface area is 638 Å². The summed E-state index contributed by atoms with van der Waals surface area (Å²) in [5, 5.41) is 10.7. The zero-order valence-corrected chi connectivity index (χ0v) is 70.1. The van der Waals surface area contributed by atoms with Crippen LogP contribution in [0.1, 0.15) is 452 Å². The van der Waals surface area contributed by atoms with Crippen molar-refractivity contribution in [1.29, 1.82) is 0 Å². The van der Waals surface area contributed by atoms with E-state index in [2.05, 4.69) is 41.5 Å². The maximum atomic E-state index is 13.1. The molecule has 5 atom stereocenters. The number of aliphatic hydroxyl groups excluding tert-OH is 1. The molecule has 0 spiro atoms. The second kappa shape index (κ2) is 76.4. The van der Waals surface area contributed by atoms with Gasteiger partial charge in [0.25, 0.3) is 0 Å². The fraction of sp³-hybridized carbons (Fsp3) is 0.953. The zero-order chi connectivity index (χ0) is 76.4. The van der Waals surface area contributed by atoms with E-state index in [4.69, 9.17) is 37.0 Å². The molecule has 0 aromatic heterocycles. The molecule has 0 fully saturated rings. The van der Waals surface area contributed by atoms with E-state index in [9.17, 15) is 43.2 Å². The van der Waals surface area contributed by atoms with Gasteiger partial charge in [-0.3, -0.25) is 37.3 Å². The molecule has 0 aliphatic heterocycles. The third-order valence-corrected chi connectivity index (χ3v) is 21.9. The normalized spacial score (nSPS) is 13.8. The number of carbonyl (C=O) groups is 4. The molecule has 2 unspecified atom stereocenters. The lowest BCUT2D eigenvalue weighted by molar-refractivity contribution is -0.161. The van der Waals surface area contributed by atoms with Crippen LogP contribution in [-0.2, 0) is 65.4 Å². The van der Waals surface area contributed by atoms with Crippen LogP contribution in [0.5, 0.6) is 0 Å². The number of aliphatic hydroxyl groups is 1. The number of phosphoric acid groups is 2. The number of ether oxygens (including phenoxy) is 4. The molecule has 3 N–H and O–H groups in total. The Morgan fingerprint density at radius 3 is 0.654 bits per heavy atom. The van der Waals surface area contributed by atoms with Crippen molar-refractivity contribution in [3.8, 4) is 0 Å². The highest BCUT2D eigenvalue weighted by molar-refractivity contribution is 7.47. The lowest BCUT2D eigenvalue weighted by atomic mass is 10.0. The van der Waals surface area contributed by atoms with Gasteiger partial charge in [-0.2, -0.15) is 0 Å². The first-order chi connectivity index (χ1) is 50.4. The van der Waals surface area contributed by atoms with Gasteiger partial charge in [0, 0.05) is 25.7 Å². The molecule has 618 valence electrons. The number of unbranched alkanes of at least 4 members (excludes halogenated alkanes) is 54. The molecule has 0 aromatic rings. The van der Waals surface area contributed by atoms with E-state index in [0.29, 0.717) is 25.7 Å². The van der Waals surface area contributed by atoms with Crippen LogP contribution in [0.3, 0.4) is 0 Å². The molecular weight excluding hydrogens is 1350 g/mol. The van der Waals surface area contributed by atoms with Gasteiger partial charge in [-0.1, -0.05) is 401 Å². The van der Waals surface area contributed by atoms with Gasteiger partial charge in [0.15, 0.2) is 12.2 Å². The first-order valence-electron chi connectivity index (χ1n) is 44.0. The Morgan fingerprint density at radius 1 is 0.260 bits per heavy atom. The third kappa shape index (κ3) is 78.2. The van der Waals surface area contributed by atoms with Crippen molar-refractivity contribution in [2.24, 2.45) is 11.8 Å². The zero-order valence-electron chi connectivity index (χ0n) is 68.3. The van der Waals surface area contributed by atoms with Crippen molar-refractivity contribution < 1.29 is 80.2 Å². The molecule has 0 saturated heterocycles. The van der Waals surface area contributed by atoms with Crippen molar-refractivity contribution in [2.45, 2.75) is 471 Å². The summed E-state index contributed by atoms with van der Waals surface area (Å²) >= 11 is 0. The molecule has 0 aromatic carbocycles. The number of rotatable bonds is 84. The molecule has 17 nitrogen and oxygen atoms in total. The van der Waals surface area contributed by atoms with Crippen LogP contribution < -0.4 is 0 Å². The first-order valence-corrected chi connectivity index (χ1v) is 47.0. The summed E-state index contributed by atoms with van der Waals surface area (Å²) in [5.41, 5.74) is 0. The van der Waals surface area contributed by atoms with E-state index in [1.165, 1.54) is 270 Å². The molecule has 19 heteroatoms. The smallest absolute Gasteiger partial charge is 0.462 e. The van der Waals surface area contributed by atoms with Crippen LogP contribution in [0.2, 0.25) is 0 Å². The Morgan fingerprint density at radius 2 is 0.442 bits per heavy atom. The minimum Gasteiger partial charge on any atom is -0.462 e. The van der Waals surface area contributed by atoms with Gasteiger partial charge in [0.2, 0.25) is 0 Å². The average Bonchev–Trinajstić information content (AvgIpc) is 0.906. The molecule has 0 saturated carbocycles. The maximum Gasteiger partial charge on any atom is 0.472 e. The Hall–Kier alpha value is -1.94. The predicted molar refractivity (Wildman–Crippen MR) is 428 cm³/mol. The van der Waals surface area contributed by atoms with E-state index >= 15 is 0 Å². The summed E-state index contributed by atoms with van der Waals surface area (Å²) in [6, 6.07) is 0. The largest absolute Gasteiger partial charge is 0.472 e. The fourth-order valence-electron chi connectivity index (χ4n) is 13.2. The molecule has 104 heavy (non-hydrogen) atoms. The topological polar surface area (TPSA) is 237 Å². The van der Waals surface area contributed by atoms with Crippen LogP contribution in [0, 0.1) is 11.8 Å². The highest BCUT2D eigenvalue weighted by Crippen LogP contribution is 2.45. The van der Waals surface area contributed by atoms with E-state index < -0.39 is 97.5 Å². The van der Waals surface area contributed by atoms with Gasteiger partial charge in [-0.05, 0) is 37.5 Å². The number of hydrogen-bond acceptors (Lipinski definition) is 15. The summed E-state index contributed by atoms with van der Waals surface area (Å²) in [6.07, 6.45) is 67.9. The molecule has 0 radical (unpaired) electrons. The predicted octanol–water partition coefficient (Wildman–Crippen LogP) is 25.8. The highest BCUT2D eigenvalue weighted by Gasteiger charge is 2.30. The van der Waals surface area contributed by atoms with Crippen LogP contribution >= 0.6 is 15.6 Å². The molecule has 0 aliphatic rings. The number of esters is 4. The van der Waals surface area contributed by atoms with Crippen LogP contribution in [-0.4, -0.2) is 96.7 Å². The first kappa shape index (κ1) is 102. The average molecular weight is 1520 g/mol. The summed E-state index contributed by atoms with van der Waals surface area (Å²) in [7, 11) is -9.93. The van der Waals surface area contributed by atoms with Gasteiger partial charge in [0.1, 0.15) is 19.3 Å². The quantitative estimate of drug-likeness (QED) is 0.0222. The maximum absolute atomic E-state index is 13.1. The van der Waals surface area contributed by atoms with Gasteiger partial charge in [-0.15, -0.1) is 0 Å². The molecule has 0 amide bonds. The van der Waals surface area contributed by atoms with E-state index in [-0.39, 0.29) is 25.7 Å². The molecule has 0 rings (SSSR count). The standard InChI is InChI=1S/C85H166O17P2/c1-7-9-11-13-15-17-19-20-25-33-39-45-51-57-63-69-84(89)101-80(73-95-82(87)67-61-55-49-43-35-18-16-14-12-10-8-2)75-99-103(91,92)97-71-79(86)72-98-104(93,94)100-76-81(74-96-83(88)68-62-56-50-44-38-32-29-28-31-37-42-48-54-60-66-78(5)6)102-85(90)70-64-58-52-46-40-34-27-24-22-21-23-26-30-36-41-47-53-59-65-77(3)4/h77-81,86H,7-76H2,1-6H3,(H,91,92)(H,93,94)/t79-,80+,81+/m0/s1. The Bertz CT molecular complexity index is 1990. The second-order valence-corrected chi connectivity index (χ2v) is 34.4. The lowest BCUT2D eigenvalue weighted by Crippen LogP contribution is -2.30. The van der Waals surface area contributed by atoms with Gasteiger partial charge < -0.3 is 33.8 Å². The van der Waals surface area contributed by atoms with Crippen LogP contribution in [0.25, 0.3) is 0 Å². The minimum absolute atomic E-state index is 0.109. The minimum atomic E-state index is -4.97. The van der Waals surface area contributed by atoms with Gasteiger partial charge in [-0.25, -0.2) is 9.13 Å². The summed E-state index contributed by atoms with van der Waals surface area (Å²) in [4.78, 5) is 73.2. The molecule has 0 bridgehead atoms. The Balaban J connectivity index is 5.24. The number of hydrogen-bond donors (Lipinski definition) is 3.